The summed E-state index contributed by atoms with van der Waals surface area (Å²) in [6.45, 7) is 6.88. The molecule has 0 unspecified atom stereocenters. The number of hydrogen-bond donors (Lipinski definition) is 0. The molecule has 1 rings (SSSR count). The Bertz CT molecular complexity index is 127. The summed E-state index contributed by atoms with van der Waals surface area (Å²) in [4.78, 5) is 2.34. The lowest BCUT2D eigenvalue weighted by molar-refractivity contribution is 0.0484. The number of likely N-dealkylation sites (tertiary alicyclic amines) is 1. The van der Waals surface area contributed by atoms with Crippen LogP contribution in [0.1, 0.15) is 58.8 Å². The van der Waals surface area contributed by atoms with Gasteiger partial charge in [-0.2, -0.15) is 0 Å². The summed E-state index contributed by atoms with van der Waals surface area (Å²) in [6, 6.07) is 0. The molecule has 1 aliphatic heterocycles. The Hall–Kier alpha value is -0.0800. The van der Waals surface area contributed by atoms with Crippen LogP contribution in [-0.2, 0) is 4.74 Å². The van der Waals surface area contributed by atoms with Crippen LogP contribution in [0, 0.1) is 0 Å². The summed E-state index contributed by atoms with van der Waals surface area (Å²) < 4.78 is 5.21. The average Bonchev–Trinajstić information content (AvgIpc) is 2.32. The molecule has 0 atom stereocenters. The largest absolute Gasteiger partial charge is 0.381 e. The number of rotatable bonds is 5. The summed E-state index contributed by atoms with van der Waals surface area (Å²) in [6.07, 6.45) is 9.94. The minimum Gasteiger partial charge on any atom is -0.381 e. The van der Waals surface area contributed by atoms with Crippen molar-refractivity contribution in [3.8, 4) is 0 Å². The first-order valence-electron chi connectivity index (χ1n) is 6.95. The van der Waals surface area contributed by atoms with Crippen molar-refractivity contribution in [2.45, 2.75) is 64.9 Å². The summed E-state index contributed by atoms with van der Waals surface area (Å²) >= 11 is 0. The van der Waals surface area contributed by atoms with Gasteiger partial charge < -0.3 is 9.64 Å². The highest BCUT2D eigenvalue weighted by molar-refractivity contribution is 4.68. The lowest BCUT2D eigenvalue weighted by Crippen LogP contribution is -2.33. The molecule has 0 saturated carbocycles. The van der Waals surface area contributed by atoms with E-state index in [1.54, 1.807) is 7.11 Å². The highest BCUT2D eigenvalue weighted by Crippen LogP contribution is 2.10. The quantitative estimate of drug-likeness (QED) is 0.666. The molecule has 0 aromatic carbocycles. The molecule has 1 aliphatic rings. The van der Waals surface area contributed by atoms with Crippen LogP contribution >= 0.6 is 0 Å². The van der Waals surface area contributed by atoms with Gasteiger partial charge in [-0.25, -0.2) is 0 Å². The minimum absolute atomic E-state index is 0.529. The van der Waals surface area contributed by atoms with E-state index in [1.165, 1.54) is 58.0 Å². The molecule has 0 amide bonds. The predicted octanol–water partition coefficient (Wildman–Crippen LogP) is 3.70. The Morgan fingerprint density at radius 1 is 1.00 bits per heavy atom. The molecule has 0 N–H and O–H groups in total. The van der Waals surface area contributed by atoms with Gasteiger partial charge in [-0.05, 0) is 19.9 Å². The molecule has 0 bridgehead atoms. The van der Waals surface area contributed by atoms with Crippen LogP contribution in [0.15, 0.2) is 0 Å². The number of ether oxygens (including phenoxy) is 1. The normalized spacial score (nSPS) is 18.0. The molecule has 2 nitrogen and oxygen atoms in total. The molecule has 0 aromatic rings. The fourth-order valence-corrected chi connectivity index (χ4v) is 1.90. The van der Waals surface area contributed by atoms with E-state index in [0.29, 0.717) is 6.10 Å². The lowest BCUT2D eigenvalue weighted by Gasteiger charge is -2.27. The van der Waals surface area contributed by atoms with E-state index in [0.717, 1.165) is 0 Å². The summed E-state index contributed by atoms with van der Waals surface area (Å²) in [5.41, 5.74) is 0. The Morgan fingerprint density at radius 2 is 1.50 bits per heavy atom. The van der Waals surface area contributed by atoms with Crippen LogP contribution in [0.2, 0.25) is 0 Å². The molecule has 1 saturated heterocycles. The molecular formula is C14H31NO. The molecule has 16 heavy (non-hydrogen) atoms. The molecule has 2 heteroatoms. The topological polar surface area (TPSA) is 12.5 Å². The number of unbranched alkanes of at least 4 members (excludes halogenated alkanes) is 4. The third-order valence-electron chi connectivity index (χ3n) is 3.21. The smallest absolute Gasteiger partial charge is 0.0595 e. The van der Waals surface area contributed by atoms with Crippen LogP contribution in [0.3, 0.4) is 0 Å². The molecule has 0 aromatic heterocycles. The van der Waals surface area contributed by atoms with Crippen LogP contribution in [0.5, 0.6) is 0 Å². The predicted molar refractivity (Wildman–Crippen MR) is 72.0 cm³/mol. The van der Waals surface area contributed by atoms with Crippen molar-refractivity contribution >= 4 is 0 Å². The van der Waals surface area contributed by atoms with Gasteiger partial charge in [-0.1, -0.05) is 46.0 Å². The van der Waals surface area contributed by atoms with E-state index in [1.807, 2.05) is 0 Å². The maximum Gasteiger partial charge on any atom is 0.0595 e. The highest BCUT2D eigenvalue weighted by Gasteiger charge is 2.14. The summed E-state index contributed by atoms with van der Waals surface area (Å²) in [5.74, 6) is 0. The Labute approximate surface area is 102 Å². The standard InChI is InChI=1S/C7H15NO.C7H16/c1-8-5-3-7(9-2)4-6-8;1-3-5-7-6-4-2/h7H,3-6H2,1-2H3;3-7H2,1-2H3. The van der Waals surface area contributed by atoms with Gasteiger partial charge in [0.05, 0.1) is 6.10 Å². The number of methoxy groups -OCH3 is 1. The lowest BCUT2D eigenvalue weighted by atomic mass is 10.1. The average molecular weight is 229 g/mol. The van der Waals surface area contributed by atoms with Gasteiger partial charge in [-0.3, -0.25) is 0 Å². The van der Waals surface area contributed by atoms with Crippen LogP contribution in [-0.4, -0.2) is 38.3 Å². The van der Waals surface area contributed by atoms with Gasteiger partial charge in [0, 0.05) is 20.2 Å². The van der Waals surface area contributed by atoms with Gasteiger partial charge in [0.15, 0.2) is 0 Å². The zero-order chi connectivity index (χ0) is 12.2. The van der Waals surface area contributed by atoms with E-state index in [-0.39, 0.29) is 0 Å². The van der Waals surface area contributed by atoms with E-state index in [4.69, 9.17) is 4.74 Å². The highest BCUT2D eigenvalue weighted by atomic mass is 16.5. The van der Waals surface area contributed by atoms with E-state index >= 15 is 0 Å². The van der Waals surface area contributed by atoms with Gasteiger partial charge >= 0.3 is 0 Å². The maximum atomic E-state index is 5.21. The Morgan fingerprint density at radius 3 is 1.88 bits per heavy atom. The Kier molecular flexibility index (Phi) is 11.3. The van der Waals surface area contributed by atoms with Crippen molar-refractivity contribution in [3.05, 3.63) is 0 Å². The van der Waals surface area contributed by atoms with Crippen molar-refractivity contribution in [3.63, 3.8) is 0 Å². The fraction of sp³-hybridized carbons (Fsp3) is 1.00. The third kappa shape index (κ3) is 9.17. The first-order chi connectivity index (χ1) is 7.74. The third-order valence-corrected chi connectivity index (χ3v) is 3.21. The van der Waals surface area contributed by atoms with Crippen LogP contribution in [0.25, 0.3) is 0 Å². The van der Waals surface area contributed by atoms with E-state index < -0.39 is 0 Å². The second-order valence-corrected chi connectivity index (χ2v) is 4.80. The van der Waals surface area contributed by atoms with Crippen LogP contribution < -0.4 is 0 Å². The number of hydrogen-bond acceptors (Lipinski definition) is 2. The molecule has 0 radical (unpaired) electrons. The molecule has 0 aliphatic carbocycles. The molecule has 98 valence electrons. The summed E-state index contributed by atoms with van der Waals surface area (Å²) in [5, 5.41) is 0. The summed E-state index contributed by atoms with van der Waals surface area (Å²) in [7, 11) is 3.96. The van der Waals surface area contributed by atoms with Crippen molar-refractivity contribution in [1.82, 2.24) is 4.90 Å². The zero-order valence-electron chi connectivity index (χ0n) is 11.8. The number of piperidine rings is 1. The van der Waals surface area contributed by atoms with E-state index in [2.05, 4.69) is 25.8 Å². The van der Waals surface area contributed by atoms with Crippen LogP contribution in [0.4, 0.5) is 0 Å². The molecule has 1 heterocycles. The second kappa shape index (κ2) is 11.4. The number of nitrogens with zero attached hydrogens (tertiary/aromatic N) is 1. The first kappa shape index (κ1) is 15.9. The van der Waals surface area contributed by atoms with Gasteiger partial charge in [0.25, 0.3) is 0 Å². The molecular weight excluding hydrogens is 198 g/mol. The van der Waals surface area contributed by atoms with Gasteiger partial charge in [0.1, 0.15) is 0 Å². The molecule has 0 spiro atoms. The van der Waals surface area contributed by atoms with Crippen molar-refractivity contribution in [2.24, 2.45) is 0 Å². The molecule has 1 fully saturated rings. The fourth-order valence-electron chi connectivity index (χ4n) is 1.90. The SMILES string of the molecule is CCCCCCC.COC1CCN(C)CC1. The monoisotopic (exact) mass is 229 g/mol. The van der Waals surface area contributed by atoms with Crippen molar-refractivity contribution < 1.29 is 4.74 Å². The van der Waals surface area contributed by atoms with Crippen molar-refractivity contribution in [1.29, 1.82) is 0 Å². The minimum atomic E-state index is 0.529. The Balaban J connectivity index is 0.000000293. The van der Waals surface area contributed by atoms with E-state index in [9.17, 15) is 0 Å². The van der Waals surface area contributed by atoms with Crippen molar-refractivity contribution in [2.75, 3.05) is 27.2 Å². The second-order valence-electron chi connectivity index (χ2n) is 4.80. The maximum absolute atomic E-state index is 5.21. The zero-order valence-corrected chi connectivity index (χ0v) is 11.8. The first-order valence-corrected chi connectivity index (χ1v) is 6.95. The van der Waals surface area contributed by atoms with Gasteiger partial charge in [0.2, 0.25) is 0 Å². The van der Waals surface area contributed by atoms with Gasteiger partial charge in [-0.15, -0.1) is 0 Å².